The number of carbonyl (C=O) groups excluding carboxylic acids is 1. The molecule has 1 heterocycles. The van der Waals surface area contributed by atoms with Crippen LogP contribution in [0, 0.1) is 17.3 Å². The second-order valence-electron chi connectivity index (χ2n) is 14.0. The van der Waals surface area contributed by atoms with E-state index >= 15 is 0 Å². The van der Waals surface area contributed by atoms with Crippen LogP contribution < -0.4 is 5.32 Å². The minimum atomic E-state index is -0.650. The number of aromatic nitrogens is 1. The van der Waals surface area contributed by atoms with E-state index in [1.165, 1.54) is 31.3 Å². The molecule has 0 aliphatic heterocycles. The molecule has 43 heavy (non-hydrogen) atoms. The molecule has 6 atom stereocenters. The number of nitrogens with one attached hydrogen (secondary N) is 1. The molecule has 4 unspecified atom stereocenters. The minimum absolute atomic E-state index is 0.232. The predicted octanol–water partition coefficient (Wildman–Crippen LogP) is 7.47. The van der Waals surface area contributed by atoms with Gasteiger partial charge in [0, 0.05) is 19.4 Å². The highest BCUT2D eigenvalue weighted by Gasteiger charge is 2.57. The molecule has 0 spiro atoms. The van der Waals surface area contributed by atoms with Crippen molar-refractivity contribution in [3.8, 4) is 0 Å². The highest BCUT2D eigenvalue weighted by Crippen LogP contribution is 2.59. The number of alkyl carbamates (subject to hydrolysis) is 1. The average Bonchev–Trinajstić information content (AvgIpc) is 3.51. The number of hydrogen-bond acceptors (Lipinski definition) is 6. The van der Waals surface area contributed by atoms with Gasteiger partial charge in [0.2, 0.25) is 5.89 Å². The van der Waals surface area contributed by atoms with Crippen LogP contribution in [0.1, 0.15) is 122 Å². The van der Waals surface area contributed by atoms with E-state index in [-0.39, 0.29) is 23.0 Å². The molecule has 1 amide bonds. The fraction of sp³-hybridized carbons (Fsp3) is 0.722. The molecule has 4 aliphatic carbocycles. The smallest absolute Gasteiger partial charge is 0.407 e. The van der Waals surface area contributed by atoms with Crippen LogP contribution in [0.5, 0.6) is 0 Å². The Bertz CT molecular complexity index is 1200. The molecular weight excluding hydrogens is 540 g/mol. The lowest BCUT2D eigenvalue weighted by molar-refractivity contribution is 0.0567. The van der Waals surface area contributed by atoms with Gasteiger partial charge in [0.05, 0.1) is 23.8 Å². The molecule has 0 aromatic carbocycles. The number of aryl methyl sites for hydroxylation is 1. The van der Waals surface area contributed by atoms with Crippen molar-refractivity contribution < 1.29 is 24.2 Å². The first-order valence-corrected chi connectivity index (χ1v) is 17.0. The number of amides is 1. The van der Waals surface area contributed by atoms with Crippen molar-refractivity contribution in [2.75, 3.05) is 6.54 Å². The lowest BCUT2D eigenvalue weighted by atomic mass is 9.62. The molecular formula is C36H54N2O5. The van der Waals surface area contributed by atoms with E-state index in [1.54, 1.807) is 0 Å². The Hall–Kier alpha value is -2.38. The Morgan fingerprint density at radius 2 is 2.05 bits per heavy atom. The Labute approximate surface area is 258 Å². The first-order valence-electron chi connectivity index (χ1n) is 17.0. The number of oxazole rings is 1. The molecule has 7 nitrogen and oxygen atoms in total. The third-order valence-corrected chi connectivity index (χ3v) is 11.2. The minimum Gasteiger partial charge on any atom is -0.445 e. The first-order chi connectivity index (χ1) is 20.7. The van der Waals surface area contributed by atoms with Crippen LogP contribution in [0.25, 0.3) is 0 Å². The van der Waals surface area contributed by atoms with E-state index in [2.05, 4.69) is 42.9 Å². The number of unbranched alkanes of at least 4 members (excludes halogenated alkanes) is 1. The quantitative estimate of drug-likeness (QED) is 0.232. The number of nitrogens with zero attached hydrogens (tertiary/aromatic N) is 1. The van der Waals surface area contributed by atoms with E-state index in [0.717, 1.165) is 80.6 Å². The fourth-order valence-corrected chi connectivity index (χ4v) is 8.41. The number of aliphatic hydroxyl groups excluding tert-OH is 2. The summed E-state index contributed by atoms with van der Waals surface area (Å²) in [6, 6.07) is 0. The van der Waals surface area contributed by atoms with E-state index in [1.807, 2.05) is 13.1 Å². The van der Waals surface area contributed by atoms with Crippen molar-refractivity contribution in [1.29, 1.82) is 0 Å². The van der Waals surface area contributed by atoms with Gasteiger partial charge in [0.15, 0.2) is 0 Å². The monoisotopic (exact) mass is 594 g/mol. The molecule has 0 bridgehead atoms. The summed E-state index contributed by atoms with van der Waals surface area (Å²) in [6.07, 6.45) is 19.4. The van der Waals surface area contributed by atoms with Gasteiger partial charge in [-0.25, -0.2) is 9.78 Å². The zero-order valence-corrected chi connectivity index (χ0v) is 26.7. The maximum absolute atomic E-state index is 12.6. The maximum Gasteiger partial charge on any atom is 0.407 e. The molecule has 7 heteroatoms. The number of allylic oxidation sites excluding steroid dienone is 3. The molecule has 238 valence electrons. The van der Waals surface area contributed by atoms with Crippen LogP contribution in [0.15, 0.2) is 46.1 Å². The molecule has 5 rings (SSSR count). The van der Waals surface area contributed by atoms with E-state index in [0.29, 0.717) is 31.2 Å². The summed E-state index contributed by atoms with van der Waals surface area (Å²) in [5, 5.41) is 23.3. The Kier molecular flexibility index (Phi) is 10.2. The normalized spacial score (nSPS) is 32.5. The maximum atomic E-state index is 12.6. The van der Waals surface area contributed by atoms with Crippen molar-refractivity contribution in [2.45, 2.75) is 141 Å². The van der Waals surface area contributed by atoms with Crippen molar-refractivity contribution in [3.63, 3.8) is 0 Å². The van der Waals surface area contributed by atoms with Gasteiger partial charge < -0.3 is 24.7 Å². The summed E-state index contributed by atoms with van der Waals surface area (Å²) in [4.78, 5) is 17.3. The predicted molar refractivity (Wildman–Crippen MR) is 169 cm³/mol. The molecule has 0 radical (unpaired) electrons. The summed E-state index contributed by atoms with van der Waals surface area (Å²) in [7, 11) is 0. The van der Waals surface area contributed by atoms with Crippen molar-refractivity contribution in [2.24, 2.45) is 17.3 Å². The van der Waals surface area contributed by atoms with Gasteiger partial charge in [0.1, 0.15) is 11.9 Å². The lowest BCUT2D eigenvalue weighted by Gasteiger charge is -2.42. The van der Waals surface area contributed by atoms with Crippen LogP contribution in [0.3, 0.4) is 0 Å². The van der Waals surface area contributed by atoms with Crippen LogP contribution in [-0.2, 0) is 16.6 Å². The van der Waals surface area contributed by atoms with Gasteiger partial charge in [-0.2, -0.15) is 0 Å². The largest absolute Gasteiger partial charge is 0.445 e. The molecule has 3 N–H and O–H groups in total. The van der Waals surface area contributed by atoms with Crippen molar-refractivity contribution >= 4 is 6.09 Å². The zero-order chi connectivity index (χ0) is 30.6. The summed E-state index contributed by atoms with van der Waals surface area (Å²) >= 11 is 0. The second kappa shape index (κ2) is 13.7. The van der Waals surface area contributed by atoms with Gasteiger partial charge >= 0.3 is 6.09 Å². The van der Waals surface area contributed by atoms with Crippen molar-refractivity contribution in [1.82, 2.24) is 10.3 Å². The topological polar surface area (TPSA) is 105 Å². The highest BCUT2D eigenvalue weighted by atomic mass is 16.6. The van der Waals surface area contributed by atoms with Crippen LogP contribution in [0.2, 0.25) is 0 Å². The molecule has 4 aliphatic rings. The lowest BCUT2D eigenvalue weighted by Crippen LogP contribution is -2.37. The third-order valence-electron chi connectivity index (χ3n) is 11.2. The van der Waals surface area contributed by atoms with E-state index in [9.17, 15) is 15.0 Å². The van der Waals surface area contributed by atoms with Gasteiger partial charge in [-0.3, -0.25) is 0 Å². The number of fused-ring (bicyclic) bond motifs is 1. The highest BCUT2D eigenvalue weighted by molar-refractivity contribution is 5.67. The summed E-state index contributed by atoms with van der Waals surface area (Å²) in [6.45, 7) is 11.2. The standard InChI is InChI=1S/C36H54N2O5/c1-5-7-12-29-23-38-33(42-29)36(19-20-36)32(43-34(41)37-6-2)13-8-11-27-16-17-30-25(10-9-18-35(27,30)4)14-15-26-21-28(39)22-31(40)24(26)3/h14-15,23,27-28,30-32,39-40H,3,5-13,16-22H2,1-2,4H3,(H,37,41)/b25-14+,26-15-/t27?,28-,30?,31+,32?,35?/m1/s1. The Morgan fingerprint density at radius 1 is 1.23 bits per heavy atom. The van der Waals surface area contributed by atoms with Gasteiger partial charge in [-0.1, -0.05) is 44.6 Å². The zero-order valence-electron chi connectivity index (χ0n) is 26.7. The Balaban J connectivity index is 1.24. The van der Waals surface area contributed by atoms with Gasteiger partial charge in [0.25, 0.3) is 0 Å². The van der Waals surface area contributed by atoms with E-state index in [4.69, 9.17) is 9.15 Å². The second-order valence-corrected chi connectivity index (χ2v) is 14.0. The SMILES string of the molecule is C=C1/C(=C\C=C2/CCCC3(C)C(CCCC(OC(=O)NCC)C4(c5ncc(CCCC)o5)CC4)CCC23)C[C@@H](O)C[C@@H]1O. The molecule has 4 fully saturated rings. The van der Waals surface area contributed by atoms with Crippen LogP contribution in [0.4, 0.5) is 4.79 Å². The van der Waals surface area contributed by atoms with Gasteiger partial charge in [-0.15, -0.1) is 0 Å². The first kappa shape index (κ1) is 32.0. The molecule has 0 saturated heterocycles. The molecule has 4 saturated carbocycles. The van der Waals surface area contributed by atoms with Crippen molar-refractivity contribution in [3.05, 3.63) is 53.3 Å². The fourth-order valence-electron chi connectivity index (χ4n) is 8.41. The van der Waals surface area contributed by atoms with E-state index < -0.39 is 12.2 Å². The van der Waals surface area contributed by atoms with Gasteiger partial charge in [-0.05, 0) is 112 Å². The number of ether oxygens (including phenoxy) is 1. The number of rotatable bonds is 12. The molecule has 1 aromatic heterocycles. The number of aliphatic hydroxyl groups is 2. The number of carbonyl (C=O) groups is 1. The average molecular weight is 595 g/mol. The summed E-state index contributed by atoms with van der Waals surface area (Å²) in [5.74, 6) is 2.89. The Morgan fingerprint density at radius 3 is 2.79 bits per heavy atom. The van der Waals surface area contributed by atoms with Crippen LogP contribution >= 0.6 is 0 Å². The van der Waals surface area contributed by atoms with Crippen LogP contribution in [-0.4, -0.2) is 46.1 Å². The number of hydrogen-bond donors (Lipinski definition) is 3. The summed E-state index contributed by atoms with van der Waals surface area (Å²) in [5.41, 5.74) is 3.23. The molecule has 1 aromatic rings. The summed E-state index contributed by atoms with van der Waals surface area (Å²) < 4.78 is 12.3. The third kappa shape index (κ3) is 6.98.